The largest absolute Gasteiger partial charge is 0.253 e. The second-order valence-corrected chi connectivity index (χ2v) is 8.08. The average molecular weight is 408 g/mol. The van der Waals surface area contributed by atoms with E-state index in [0.717, 1.165) is 16.8 Å². The van der Waals surface area contributed by atoms with Crippen molar-refractivity contribution in [3.8, 4) is 11.1 Å². The Hall–Kier alpha value is -0.635. The van der Waals surface area contributed by atoms with Gasteiger partial charge in [0.05, 0.1) is 7.85 Å². The predicted octanol–water partition coefficient (Wildman–Crippen LogP) is 3.99. The Morgan fingerprint density at radius 2 is 1.70 bits per heavy atom. The maximum Gasteiger partial charge on any atom is 0.253 e. The molecule has 0 spiro atoms. The van der Waals surface area contributed by atoms with Crippen LogP contribution in [0, 0.1) is 6.92 Å². The molecule has 0 N–H and O–H groups in total. The molecule has 0 amide bonds. The summed E-state index contributed by atoms with van der Waals surface area (Å²) in [5, 5.41) is 0. The van der Waals surface area contributed by atoms with Gasteiger partial charge in [0.15, 0.2) is 0 Å². The molecular weight excluding hydrogens is 388 g/mol. The van der Waals surface area contributed by atoms with Crippen molar-refractivity contribution in [3.05, 3.63) is 48.0 Å². The van der Waals surface area contributed by atoms with Gasteiger partial charge in [-0.3, -0.25) is 0 Å². The van der Waals surface area contributed by atoms with Gasteiger partial charge in [-0.15, -0.1) is 22.4 Å². The first kappa shape index (κ1) is 17.2. The van der Waals surface area contributed by atoms with E-state index in [0.29, 0.717) is 10.4 Å². The third-order valence-corrected chi connectivity index (χ3v) is 6.79. The van der Waals surface area contributed by atoms with Gasteiger partial charge in [-0.2, -0.15) is 0 Å². The molecule has 0 heterocycles. The summed E-state index contributed by atoms with van der Waals surface area (Å²) in [5.41, 5.74) is 5.94. The molecule has 0 bridgehead atoms. The second-order valence-electron chi connectivity index (χ2n) is 6.74. The van der Waals surface area contributed by atoms with Gasteiger partial charge in [-0.1, -0.05) is 84.9 Å². The fourth-order valence-electron chi connectivity index (χ4n) is 3.61. The van der Waals surface area contributed by atoms with Gasteiger partial charge >= 0.3 is 0 Å². The standard InChI is InChI=1S/C19H20B3I/c1-13-12-16(22(23)15-8-6-14(20)7-9-15)10-11-17(13)18-4-2-3-5-19(18)21/h2-5,10-12,14-15H,6-9H2,1H3. The Labute approximate surface area is 156 Å². The SMILES string of the molecule is [B]c1ccccc1-c1ccc(B(I)C2CCC([B])CC2)cc1C. The number of aryl methyl sites for hydroxylation is 1. The molecule has 1 fully saturated rings. The third kappa shape index (κ3) is 3.89. The number of hydrogen-bond acceptors (Lipinski definition) is 0. The molecule has 23 heavy (non-hydrogen) atoms. The van der Waals surface area contributed by atoms with Crippen LogP contribution >= 0.6 is 22.4 Å². The van der Waals surface area contributed by atoms with Crippen molar-refractivity contribution in [2.24, 2.45) is 0 Å². The summed E-state index contributed by atoms with van der Waals surface area (Å²) in [6, 6.07) is 14.9. The van der Waals surface area contributed by atoms with E-state index < -0.39 is 0 Å². The lowest BCUT2D eigenvalue weighted by Crippen LogP contribution is -2.31. The average Bonchev–Trinajstić information content (AvgIpc) is 2.56. The molecule has 1 saturated carbocycles. The zero-order valence-corrected chi connectivity index (χ0v) is 15.8. The van der Waals surface area contributed by atoms with Crippen LogP contribution in [0.25, 0.3) is 11.1 Å². The van der Waals surface area contributed by atoms with Crippen molar-refractivity contribution in [1.29, 1.82) is 0 Å². The minimum absolute atomic E-state index is 0.417. The van der Waals surface area contributed by atoms with Crippen LogP contribution < -0.4 is 10.9 Å². The van der Waals surface area contributed by atoms with E-state index in [9.17, 15) is 0 Å². The zero-order chi connectivity index (χ0) is 16.4. The fourth-order valence-corrected chi connectivity index (χ4v) is 4.72. The van der Waals surface area contributed by atoms with Gasteiger partial charge in [0.1, 0.15) is 7.85 Å². The minimum Gasteiger partial charge on any atom is -0.143 e. The molecule has 0 unspecified atom stereocenters. The summed E-state index contributed by atoms with van der Waals surface area (Å²) in [6.45, 7) is 2.19. The van der Waals surface area contributed by atoms with Crippen molar-refractivity contribution in [3.63, 3.8) is 0 Å². The maximum absolute atomic E-state index is 6.14. The van der Waals surface area contributed by atoms with Crippen LogP contribution in [-0.2, 0) is 0 Å². The van der Waals surface area contributed by atoms with Crippen LogP contribution in [-0.4, -0.2) is 20.3 Å². The second kappa shape index (κ2) is 7.50. The normalized spacial score (nSPS) is 21.1. The Morgan fingerprint density at radius 1 is 1.00 bits per heavy atom. The van der Waals surface area contributed by atoms with Crippen LogP contribution in [0.5, 0.6) is 0 Å². The van der Waals surface area contributed by atoms with Crippen molar-refractivity contribution in [2.45, 2.75) is 44.2 Å². The van der Waals surface area contributed by atoms with Crippen LogP contribution in [0.1, 0.15) is 31.2 Å². The maximum atomic E-state index is 6.14. The Morgan fingerprint density at radius 3 is 2.35 bits per heavy atom. The molecule has 3 rings (SSSR count). The first-order valence-corrected chi connectivity index (χ1v) is 9.66. The molecule has 0 saturated heterocycles. The van der Waals surface area contributed by atoms with Crippen molar-refractivity contribution < 1.29 is 0 Å². The number of halogens is 1. The fraction of sp³-hybridized carbons (Fsp3) is 0.368. The molecule has 2 aromatic carbocycles. The Balaban J connectivity index is 1.83. The van der Waals surface area contributed by atoms with Gasteiger partial charge in [0.2, 0.25) is 0 Å². The van der Waals surface area contributed by atoms with Crippen molar-refractivity contribution in [1.82, 2.24) is 0 Å². The monoisotopic (exact) mass is 408 g/mol. The van der Waals surface area contributed by atoms with Gasteiger partial charge in [0, 0.05) is 0 Å². The molecule has 4 radical (unpaired) electrons. The van der Waals surface area contributed by atoms with E-state index in [1.54, 1.807) is 0 Å². The molecule has 0 aromatic heterocycles. The van der Waals surface area contributed by atoms with Crippen LogP contribution in [0.4, 0.5) is 0 Å². The van der Waals surface area contributed by atoms with E-state index in [-0.39, 0.29) is 0 Å². The molecule has 1 aliphatic carbocycles. The summed E-state index contributed by atoms with van der Waals surface area (Å²) in [5.74, 6) is 1.17. The van der Waals surface area contributed by atoms with Gasteiger partial charge in [0.25, 0.3) is 4.57 Å². The van der Waals surface area contributed by atoms with E-state index in [2.05, 4.69) is 53.6 Å². The number of benzene rings is 2. The van der Waals surface area contributed by atoms with E-state index in [1.165, 1.54) is 42.3 Å². The highest BCUT2D eigenvalue weighted by Crippen LogP contribution is 2.38. The molecule has 2 aromatic rings. The van der Waals surface area contributed by atoms with Crippen molar-refractivity contribution in [2.75, 3.05) is 0 Å². The predicted molar refractivity (Wildman–Crippen MR) is 113 cm³/mol. The lowest BCUT2D eigenvalue weighted by atomic mass is 9.52. The molecule has 1 aliphatic rings. The van der Waals surface area contributed by atoms with Gasteiger partial charge in [-0.05, 0) is 29.4 Å². The Bertz CT molecular complexity index is 678. The molecule has 4 heteroatoms. The smallest absolute Gasteiger partial charge is 0.143 e. The number of hydrogen-bond donors (Lipinski definition) is 0. The topological polar surface area (TPSA) is 0 Å². The summed E-state index contributed by atoms with van der Waals surface area (Å²) in [4.78, 5) is 0. The Kier molecular flexibility index (Phi) is 5.61. The first-order valence-electron chi connectivity index (χ1n) is 8.41. The zero-order valence-electron chi connectivity index (χ0n) is 13.6. The molecule has 0 aliphatic heterocycles. The molecule has 0 atom stereocenters. The van der Waals surface area contributed by atoms with Crippen LogP contribution in [0.2, 0.25) is 11.6 Å². The summed E-state index contributed by atoms with van der Waals surface area (Å²) >= 11 is 2.62. The molecular formula is C19H20B3I. The summed E-state index contributed by atoms with van der Waals surface area (Å²) in [7, 11) is 12.2. The van der Waals surface area contributed by atoms with Crippen molar-refractivity contribution >= 4 is 53.6 Å². The van der Waals surface area contributed by atoms with E-state index in [4.69, 9.17) is 15.7 Å². The lowest BCUT2D eigenvalue weighted by Gasteiger charge is -2.29. The van der Waals surface area contributed by atoms with Gasteiger partial charge < -0.3 is 0 Å². The van der Waals surface area contributed by atoms with E-state index >= 15 is 0 Å². The molecule has 0 nitrogen and oxygen atoms in total. The van der Waals surface area contributed by atoms with E-state index in [1.807, 2.05) is 18.2 Å². The number of rotatable bonds is 3. The third-order valence-electron chi connectivity index (χ3n) is 5.05. The highest BCUT2D eigenvalue weighted by Gasteiger charge is 2.28. The summed E-state index contributed by atoms with van der Waals surface area (Å²) in [6.07, 6.45) is 4.84. The molecule has 112 valence electrons. The minimum atomic E-state index is 0.417. The highest BCUT2D eigenvalue weighted by atomic mass is 127. The summed E-state index contributed by atoms with van der Waals surface area (Å²) < 4.78 is 0.570. The van der Waals surface area contributed by atoms with Crippen LogP contribution in [0.3, 0.4) is 0 Å². The lowest BCUT2D eigenvalue weighted by molar-refractivity contribution is 0.501. The van der Waals surface area contributed by atoms with Gasteiger partial charge in [-0.25, -0.2) is 0 Å². The highest BCUT2D eigenvalue weighted by molar-refractivity contribution is 14.1. The quantitative estimate of drug-likeness (QED) is 0.533. The van der Waals surface area contributed by atoms with Crippen LogP contribution in [0.15, 0.2) is 42.5 Å². The first-order chi connectivity index (χ1) is 11.1.